The van der Waals surface area contributed by atoms with Crippen LogP contribution in [-0.2, 0) is 18.9 Å². The molecule has 0 saturated heterocycles. The normalized spacial score (nSPS) is 14.8. The summed E-state index contributed by atoms with van der Waals surface area (Å²) < 4.78 is 29.9. The van der Waals surface area contributed by atoms with Crippen LogP contribution in [0, 0.1) is 20.2 Å². The van der Waals surface area contributed by atoms with E-state index in [9.17, 15) is 70.0 Å². The van der Waals surface area contributed by atoms with Crippen LogP contribution in [0.2, 0.25) is 0 Å². The van der Waals surface area contributed by atoms with Gasteiger partial charge in [0.15, 0.2) is 24.4 Å². The van der Waals surface area contributed by atoms with E-state index in [0.29, 0.717) is 13.1 Å². The Labute approximate surface area is 445 Å². The van der Waals surface area contributed by atoms with E-state index in [4.69, 9.17) is 34.2 Å². The van der Waals surface area contributed by atoms with Gasteiger partial charge in [0.05, 0.1) is 34.3 Å². The van der Waals surface area contributed by atoms with E-state index < -0.39 is 95.4 Å². The number of carbonyl (C=O) groups excluding carboxylic acids is 4. The summed E-state index contributed by atoms with van der Waals surface area (Å²) in [6.07, 6.45) is -2.91. The average Bonchev–Trinajstić information content (AvgIpc) is 3.36. The standard InChI is InChI=1S/C23H46N2O7.C21H22N2O13.C7H17N/c1-5-7-9-11-13-15-24-22(29)31-20(17(3)26)19(28)21(18(4)27)32-23(30)25-16-14-12-10-8-6-2;1-11(24)18(35-20(27)33-15-7-3-13(4-8-15)22(29)30)17(26)19(12(2)25)36-21(28)34-16-9-5-14(6-10-16)23(31)32;1-2-3-4-5-6-7-8/h17-21,26-28H,5-16H2,1-4H3,(H,24,29)(H,25,30);3-12,17-19,24-26H,1-2H3;2-8H2,1H3. The molecule has 0 aliphatic carbocycles. The van der Waals surface area contributed by atoms with Crippen molar-refractivity contribution in [3.8, 4) is 11.5 Å². The van der Waals surface area contributed by atoms with Gasteiger partial charge in [-0.25, -0.2) is 19.2 Å². The molecule has 434 valence electrons. The van der Waals surface area contributed by atoms with Crippen molar-refractivity contribution in [2.75, 3.05) is 19.6 Å². The Morgan fingerprint density at radius 3 is 1.01 bits per heavy atom. The van der Waals surface area contributed by atoms with Gasteiger partial charge in [0.1, 0.15) is 23.7 Å². The first-order valence-electron chi connectivity index (χ1n) is 26.0. The zero-order valence-corrected chi connectivity index (χ0v) is 45.0. The third kappa shape index (κ3) is 31.2. The molecule has 8 atom stereocenters. The monoisotopic (exact) mass is 1090 g/mol. The highest BCUT2D eigenvalue weighted by Crippen LogP contribution is 2.23. The number of aliphatic hydroxyl groups excluding tert-OH is 6. The lowest BCUT2D eigenvalue weighted by Gasteiger charge is -2.32. The number of nitrogens with two attached hydrogens (primary N) is 1. The van der Waals surface area contributed by atoms with Crippen molar-refractivity contribution in [2.24, 2.45) is 5.73 Å². The fourth-order valence-electron chi connectivity index (χ4n) is 6.84. The van der Waals surface area contributed by atoms with Gasteiger partial charge < -0.3 is 75.4 Å². The van der Waals surface area contributed by atoms with Crippen LogP contribution in [0.3, 0.4) is 0 Å². The molecule has 2 aromatic carbocycles. The molecule has 0 spiro atoms. The first kappa shape index (κ1) is 70.0. The molecule has 0 radical (unpaired) electrons. The minimum atomic E-state index is -1.97. The number of rotatable bonds is 33. The van der Waals surface area contributed by atoms with E-state index in [1.54, 1.807) is 0 Å². The van der Waals surface area contributed by atoms with E-state index in [2.05, 4.69) is 31.4 Å². The lowest BCUT2D eigenvalue weighted by Crippen LogP contribution is -2.53. The van der Waals surface area contributed by atoms with Crippen molar-refractivity contribution in [3.63, 3.8) is 0 Å². The molecule has 0 heterocycles. The number of nitrogens with one attached hydrogen (secondary N) is 2. The number of hydrogen-bond acceptors (Lipinski definition) is 21. The van der Waals surface area contributed by atoms with Crippen molar-refractivity contribution < 1.29 is 88.1 Å². The van der Waals surface area contributed by atoms with Gasteiger partial charge in [-0.3, -0.25) is 20.2 Å². The quantitative estimate of drug-likeness (QED) is 0.00848. The highest BCUT2D eigenvalue weighted by atomic mass is 16.7. The van der Waals surface area contributed by atoms with Crippen LogP contribution < -0.4 is 25.8 Å². The number of hydrogen-bond donors (Lipinski definition) is 9. The molecular weight excluding hydrogens is 1000 g/mol. The second-order valence-electron chi connectivity index (χ2n) is 17.9. The number of aliphatic hydroxyl groups is 6. The number of unbranched alkanes of at least 4 members (excludes halogenated alkanes) is 12. The second kappa shape index (κ2) is 41.2. The van der Waals surface area contributed by atoms with E-state index in [-0.39, 0.29) is 22.9 Å². The van der Waals surface area contributed by atoms with Crippen LogP contribution in [0.15, 0.2) is 48.5 Å². The summed E-state index contributed by atoms with van der Waals surface area (Å²) in [7, 11) is 0. The number of alkyl carbamates (subject to hydrolysis) is 2. The number of carbonyl (C=O) groups is 4. The van der Waals surface area contributed by atoms with Crippen LogP contribution in [0.4, 0.5) is 30.6 Å². The van der Waals surface area contributed by atoms with Crippen molar-refractivity contribution in [3.05, 3.63) is 68.8 Å². The largest absolute Gasteiger partial charge is 0.514 e. The summed E-state index contributed by atoms with van der Waals surface area (Å²) in [5.41, 5.74) is 4.79. The molecule has 0 fully saturated rings. The predicted octanol–water partition coefficient (Wildman–Crippen LogP) is 7.25. The Balaban J connectivity index is 0.00000130. The SMILES string of the molecule is CC(O)C(OC(=O)Oc1ccc([N+](=O)[O-])cc1)C(O)C(OC(=O)Oc1ccc([N+](=O)[O-])cc1)C(C)O.CCCCCCCN.CCCCCCCNC(=O)OC(C(C)O)C(O)C(OC(=O)NCCCCCCC)C(C)O. The molecule has 0 aromatic heterocycles. The molecule has 0 aliphatic heterocycles. The summed E-state index contributed by atoms with van der Waals surface area (Å²) in [6, 6.07) is 8.72. The number of nitro benzene ring substituents is 2. The zero-order valence-electron chi connectivity index (χ0n) is 45.0. The summed E-state index contributed by atoms with van der Waals surface area (Å²) in [6.45, 7) is 13.2. The molecule has 25 nitrogen and oxygen atoms in total. The van der Waals surface area contributed by atoms with E-state index in [1.807, 2.05) is 0 Å². The molecule has 2 aromatic rings. The lowest BCUT2D eigenvalue weighted by molar-refractivity contribution is -0.385. The van der Waals surface area contributed by atoms with Crippen LogP contribution in [-0.4, -0.2) is 146 Å². The molecule has 10 N–H and O–H groups in total. The third-order valence-electron chi connectivity index (χ3n) is 11.1. The Bertz CT molecular complexity index is 1770. The van der Waals surface area contributed by atoms with Gasteiger partial charge in [0.25, 0.3) is 11.4 Å². The molecular formula is C51H85N5O20. The summed E-state index contributed by atoms with van der Waals surface area (Å²) >= 11 is 0. The fourth-order valence-corrected chi connectivity index (χ4v) is 6.84. The van der Waals surface area contributed by atoms with Crippen LogP contribution in [0.25, 0.3) is 0 Å². The van der Waals surface area contributed by atoms with Crippen LogP contribution >= 0.6 is 0 Å². The van der Waals surface area contributed by atoms with Gasteiger partial charge in [0, 0.05) is 37.4 Å². The van der Waals surface area contributed by atoms with Crippen LogP contribution in [0.1, 0.15) is 145 Å². The Hall–Kier alpha value is -5.96. The first-order valence-corrected chi connectivity index (χ1v) is 26.0. The molecule has 8 unspecified atom stereocenters. The van der Waals surface area contributed by atoms with Crippen LogP contribution in [0.5, 0.6) is 11.5 Å². The average molecular weight is 1090 g/mol. The van der Waals surface area contributed by atoms with E-state index >= 15 is 0 Å². The maximum absolute atomic E-state index is 12.1. The van der Waals surface area contributed by atoms with Gasteiger partial charge in [-0.05, 0) is 77.8 Å². The lowest BCUT2D eigenvalue weighted by atomic mass is 10.0. The van der Waals surface area contributed by atoms with Gasteiger partial charge >= 0.3 is 24.5 Å². The molecule has 76 heavy (non-hydrogen) atoms. The van der Waals surface area contributed by atoms with Gasteiger partial charge in [-0.1, -0.05) is 97.8 Å². The summed E-state index contributed by atoms with van der Waals surface area (Å²) in [5.74, 6) is -0.279. The summed E-state index contributed by atoms with van der Waals surface area (Å²) in [4.78, 5) is 68.5. The van der Waals surface area contributed by atoms with Crippen molar-refractivity contribution >= 4 is 35.9 Å². The molecule has 0 aliphatic rings. The minimum absolute atomic E-state index is 0.139. The zero-order chi connectivity index (χ0) is 57.6. The Morgan fingerprint density at radius 2 is 0.750 bits per heavy atom. The van der Waals surface area contributed by atoms with Gasteiger partial charge in [0.2, 0.25) is 0 Å². The third-order valence-corrected chi connectivity index (χ3v) is 11.1. The number of ether oxygens (including phenoxy) is 6. The Morgan fingerprint density at radius 1 is 0.474 bits per heavy atom. The van der Waals surface area contributed by atoms with Crippen molar-refractivity contribution in [1.82, 2.24) is 10.6 Å². The fraction of sp³-hybridized carbons (Fsp3) is 0.686. The molecule has 2 rings (SSSR count). The van der Waals surface area contributed by atoms with E-state index in [0.717, 1.165) is 133 Å². The maximum Gasteiger partial charge on any atom is 0.514 e. The first-order chi connectivity index (χ1) is 36.0. The minimum Gasteiger partial charge on any atom is -0.441 e. The number of amides is 2. The number of nitrogens with zero attached hydrogens (tertiary/aromatic N) is 2. The number of nitro groups is 2. The predicted molar refractivity (Wildman–Crippen MR) is 279 cm³/mol. The van der Waals surface area contributed by atoms with Crippen molar-refractivity contribution in [2.45, 2.75) is 206 Å². The molecule has 0 bridgehead atoms. The molecule has 0 saturated carbocycles. The highest BCUT2D eigenvalue weighted by Gasteiger charge is 2.41. The van der Waals surface area contributed by atoms with E-state index in [1.165, 1.54) is 46.0 Å². The molecule has 2 amide bonds. The highest BCUT2D eigenvalue weighted by molar-refractivity contribution is 5.68. The number of non-ortho nitro benzene ring substituents is 2. The second-order valence-corrected chi connectivity index (χ2v) is 17.9. The van der Waals surface area contributed by atoms with Gasteiger partial charge in [-0.2, -0.15) is 0 Å². The molecule has 25 heteroatoms. The topological polar surface area (TPSA) is 381 Å². The summed E-state index contributed by atoms with van der Waals surface area (Å²) in [5, 5.41) is 87.8. The van der Waals surface area contributed by atoms with Gasteiger partial charge in [-0.15, -0.1) is 0 Å². The maximum atomic E-state index is 12.1. The number of benzene rings is 2. The Kier molecular flexibility index (Phi) is 38.0. The smallest absolute Gasteiger partial charge is 0.441 e. The van der Waals surface area contributed by atoms with Crippen molar-refractivity contribution in [1.29, 1.82) is 0 Å².